The van der Waals surface area contributed by atoms with Crippen LogP contribution in [0.5, 0.6) is 0 Å². The van der Waals surface area contributed by atoms with Gasteiger partial charge in [0.2, 0.25) is 10.0 Å². The molecule has 2 N–H and O–H groups in total. The van der Waals surface area contributed by atoms with E-state index in [1.807, 2.05) is 19.9 Å². The van der Waals surface area contributed by atoms with Crippen LogP contribution in [0.3, 0.4) is 0 Å². The Hall–Kier alpha value is -2.80. The molecule has 0 bridgehead atoms. The number of pyridine rings is 1. The Morgan fingerprint density at radius 1 is 1.23 bits per heavy atom. The number of alkyl halides is 2. The lowest BCUT2D eigenvalue weighted by Gasteiger charge is -2.38. The van der Waals surface area contributed by atoms with E-state index < -0.39 is 37.7 Å². The lowest BCUT2D eigenvalue weighted by atomic mass is 9.82. The summed E-state index contributed by atoms with van der Waals surface area (Å²) in [6.45, 7) is 4.69. The average molecular weight is 581 g/mol. The van der Waals surface area contributed by atoms with Crippen LogP contribution in [0.1, 0.15) is 69.0 Å². The lowest BCUT2D eigenvalue weighted by molar-refractivity contribution is 0.150. The first-order valence-corrected chi connectivity index (χ1v) is 15.1. The zero-order valence-electron chi connectivity index (χ0n) is 21.3. The topological polar surface area (TPSA) is 128 Å². The van der Waals surface area contributed by atoms with Crippen molar-refractivity contribution in [2.75, 3.05) is 18.0 Å². The fraction of sp³-hybridized carbons (Fsp3) is 0.583. The molecule has 6 rings (SSSR count). The van der Waals surface area contributed by atoms with Gasteiger partial charge >= 0.3 is 0 Å². The van der Waals surface area contributed by atoms with Gasteiger partial charge in [-0.2, -0.15) is 9.98 Å². The molecule has 0 unspecified atom stereocenters. The third kappa shape index (κ3) is 4.56. The molecule has 0 aromatic carbocycles. The van der Waals surface area contributed by atoms with Crippen LogP contribution in [-0.2, 0) is 10.0 Å². The summed E-state index contributed by atoms with van der Waals surface area (Å²) in [5.41, 5.74) is -0.147. The highest BCUT2D eigenvalue weighted by Gasteiger charge is 2.48. The van der Waals surface area contributed by atoms with Crippen LogP contribution in [0.15, 0.2) is 11.1 Å². The minimum atomic E-state index is -4.48. The molecule has 3 fully saturated rings. The molecule has 39 heavy (non-hydrogen) atoms. The van der Waals surface area contributed by atoms with Gasteiger partial charge in [0.1, 0.15) is 21.8 Å². The minimum Gasteiger partial charge on any atom is -0.363 e. The maximum Gasteiger partial charge on any atom is 0.291 e. The van der Waals surface area contributed by atoms with E-state index in [0.29, 0.717) is 48.7 Å². The molecule has 10 nitrogen and oxygen atoms in total. The van der Waals surface area contributed by atoms with Gasteiger partial charge in [0, 0.05) is 37.3 Å². The van der Waals surface area contributed by atoms with Gasteiger partial charge in [0.25, 0.3) is 6.43 Å². The number of sulfonamides is 1. The fourth-order valence-electron chi connectivity index (χ4n) is 5.38. The van der Waals surface area contributed by atoms with Gasteiger partial charge in [0.05, 0.1) is 11.8 Å². The van der Waals surface area contributed by atoms with E-state index >= 15 is 4.39 Å². The van der Waals surface area contributed by atoms with Crippen molar-refractivity contribution in [3.05, 3.63) is 22.7 Å². The third-order valence-electron chi connectivity index (χ3n) is 7.60. The van der Waals surface area contributed by atoms with Crippen molar-refractivity contribution in [1.82, 2.24) is 29.6 Å². The summed E-state index contributed by atoms with van der Waals surface area (Å²) in [7, 11) is -4.48. The summed E-state index contributed by atoms with van der Waals surface area (Å²) >= 11 is 0.705. The number of piperazine rings is 1. The molecule has 3 aliphatic rings. The summed E-state index contributed by atoms with van der Waals surface area (Å²) in [6.07, 6.45) is 1.56. The highest BCUT2D eigenvalue weighted by Crippen LogP contribution is 2.45. The second-order valence-corrected chi connectivity index (χ2v) is 13.4. The van der Waals surface area contributed by atoms with E-state index in [1.165, 1.54) is 4.40 Å². The van der Waals surface area contributed by atoms with Gasteiger partial charge in [0.15, 0.2) is 21.5 Å². The number of hydrogen-bond acceptors (Lipinski definition) is 9. The third-order valence-corrected chi connectivity index (χ3v) is 10.1. The first-order chi connectivity index (χ1) is 18.5. The van der Waals surface area contributed by atoms with E-state index in [0.717, 1.165) is 25.5 Å². The standard InChI is InChI=1S/C24H27F3N8O2S2/c1-12-8-34(9-13(2)29-12)18-16(25)15(39(36,37)33-24(11-28)6-7-24)10-35-19(22-31-32-23(38-22)20(26)27)17(30-21(18)35)14-4-3-5-14/h10,12-14,20,29,33H,3-9H2,1-2H3/t12-,13-/m0/s1. The van der Waals surface area contributed by atoms with Crippen molar-refractivity contribution in [3.63, 3.8) is 0 Å². The van der Waals surface area contributed by atoms with Crippen molar-refractivity contribution in [2.24, 2.45) is 0 Å². The average Bonchev–Trinajstić information content (AvgIpc) is 3.24. The molecule has 2 aliphatic carbocycles. The maximum absolute atomic E-state index is 16.4. The molecule has 0 radical (unpaired) electrons. The molecule has 4 heterocycles. The van der Waals surface area contributed by atoms with Crippen LogP contribution < -0.4 is 14.9 Å². The van der Waals surface area contributed by atoms with E-state index in [-0.39, 0.29) is 34.3 Å². The molecule has 15 heteroatoms. The van der Waals surface area contributed by atoms with Gasteiger partial charge in [-0.1, -0.05) is 17.8 Å². The number of hydrogen-bond donors (Lipinski definition) is 2. The molecule has 1 aliphatic heterocycles. The smallest absolute Gasteiger partial charge is 0.291 e. The molecule has 0 spiro atoms. The Morgan fingerprint density at radius 2 is 1.92 bits per heavy atom. The number of aromatic nitrogens is 4. The highest BCUT2D eigenvalue weighted by molar-refractivity contribution is 7.89. The molecular weight excluding hydrogens is 553 g/mol. The maximum atomic E-state index is 16.4. The highest BCUT2D eigenvalue weighted by atomic mass is 32.2. The SMILES string of the molecule is C[C@H]1CN(c2c(F)c(S(=O)(=O)NC3(C#N)CC3)cn3c(-c4nnc(C(F)F)s4)c(C4CCC4)nc23)C[C@H](C)N1. The number of anilines is 1. The molecule has 1 saturated heterocycles. The minimum absolute atomic E-state index is 0.00193. The Labute approximate surface area is 227 Å². The molecule has 208 valence electrons. The second kappa shape index (κ2) is 9.39. The van der Waals surface area contributed by atoms with Gasteiger partial charge in [-0.15, -0.1) is 10.2 Å². The summed E-state index contributed by atoms with van der Waals surface area (Å²) in [5, 5.41) is 20.2. The van der Waals surface area contributed by atoms with Gasteiger partial charge in [-0.3, -0.25) is 4.40 Å². The predicted molar refractivity (Wildman–Crippen MR) is 138 cm³/mol. The normalized spacial score (nSPS) is 23.3. The molecule has 0 amide bonds. The van der Waals surface area contributed by atoms with Crippen molar-refractivity contribution in [2.45, 2.75) is 80.8 Å². The van der Waals surface area contributed by atoms with E-state index in [9.17, 15) is 22.5 Å². The Morgan fingerprint density at radius 3 is 2.46 bits per heavy atom. The van der Waals surface area contributed by atoms with Crippen LogP contribution in [0.25, 0.3) is 16.3 Å². The molecule has 2 atom stereocenters. The van der Waals surface area contributed by atoms with Crippen molar-refractivity contribution >= 4 is 32.7 Å². The fourth-order valence-corrected chi connectivity index (χ4v) is 7.58. The van der Waals surface area contributed by atoms with Crippen LogP contribution in [-0.4, -0.2) is 58.7 Å². The monoisotopic (exact) mass is 580 g/mol. The largest absolute Gasteiger partial charge is 0.363 e. The molecule has 3 aromatic rings. The second-order valence-electron chi connectivity index (χ2n) is 10.7. The molecular formula is C24H27F3N8O2S2. The van der Waals surface area contributed by atoms with Gasteiger partial charge in [-0.25, -0.2) is 26.6 Å². The Kier molecular flexibility index (Phi) is 6.37. The Bertz CT molecular complexity index is 1580. The van der Waals surface area contributed by atoms with Gasteiger partial charge in [-0.05, 0) is 39.5 Å². The first kappa shape index (κ1) is 26.4. The van der Waals surface area contributed by atoms with Crippen molar-refractivity contribution in [3.8, 4) is 16.8 Å². The number of nitrogens with zero attached hydrogens (tertiary/aromatic N) is 6. The number of halogens is 3. The van der Waals surface area contributed by atoms with Crippen molar-refractivity contribution in [1.29, 1.82) is 5.26 Å². The first-order valence-electron chi connectivity index (χ1n) is 12.8. The van der Waals surface area contributed by atoms with Crippen LogP contribution in [0.4, 0.5) is 18.9 Å². The van der Waals surface area contributed by atoms with E-state index in [4.69, 9.17) is 4.98 Å². The summed E-state index contributed by atoms with van der Waals surface area (Å²) < 4.78 is 74.2. The quantitative estimate of drug-likeness (QED) is 0.433. The Balaban J connectivity index is 1.62. The molecule has 3 aromatic heterocycles. The molecule has 2 saturated carbocycles. The van der Waals surface area contributed by atoms with Gasteiger partial charge < -0.3 is 10.2 Å². The van der Waals surface area contributed by atoms with Crippen LogP contribution >= 0.6 is 11.3 Å². The van der Waals surface area contributed by atoms with Crippen molar-refractivity contribution < 1.29 is 21.6 Å². The summed E-state index contributed by atoms with van der Waals surface area (Å²) in [4.78, 5) is 5.96. The van der Waals surface area contributed by atoms with E-state index in [2.05, 4.69) is 20.2 Å². The van der Waals surface area contributed by atoms with E-state index in [1.54, 1.807) is 4.90 Å². The number of imidazole rings is 1. The number of nitrogens with one attached hydrogen (secondary N) is 2. The van der Waals surface area contributed by atoms with Crippen LogP contribution in [0, 0.1) is 17.1 Å². The summed E-state index contributed by atoms with van der Waals surface area (Å²) in [6, 6.07) is 1.94. The summed E-state index contributed by atoms with van der Waals surface area (Å²) in [5.74, 6) is -0.964. The predicted octanol–water partition coefficient (Wildman–Crippen LogP) is 3.72. The van der Waals surface area contributed by atoms with Crippen LogP contribution in [0.2, 0.25) is 0 Å². The zero-order valence-corrected chi connectivity index (χ0v) is 22.9. The lowest BCUT2D eigenvalue weighted by Crippen LogP contribution is -2.54. The number of rotatable bonds is 7. The number of fused-ring (bicyclic) bond motifs is 1. The zero-order chi connectivity index (χ0) is 27.7. The number of nitriles is 1.